The van der Waals surface area contributed by atoms with Crippen LogP contribution in [-0.4, -0.2) is 28.0 Å². The number of aromatic nitrogens is 2. The van der Waals surface area contributed by atoms with Crippen molar-refractivity contribution in [2.24, 2.45) is 5.92 Å². The molecule has 2 aromatic heterocycles. The maximum absolute atomic E-state index is 5.85. The Bertz CT molecular complexity index is 922. The monoisotopic (exact) mass is 384 g/mol. The third kappa shape index (κ3) is 4.17. The molecule has 0 amide bonds. The van der Waals surface area contributed by atoms with Crippen molar-refractivity contribution in [3.8, 4) is 0 Å². The van der Waals surface area contributed by atoms with Crippen LogP contribution in [0.15, 0.2) is 22.6 Å². The van der Waals surface area contributed by atoms with Crippen molar-refractivity contribution < 1.29 is 4.42 Å². The van der Waals surface area contributed by atoms with E-state index in [9.17, 15) is 0 Å². The standard InChI is InChI=1S/C21H28N4OS/c1-13(2)16-5-6-18-17(11-16)23-20(26-18)24-21-22-15(4)19(27-21)12-25-9-7-14(3)8-10-25/h5-6,11,13-14H,7-10,12H2,1-4H3,(H,22,23,24). The number of hydrogen-bond donors (Lipinski definition) is 1. The highest BCUT2D eigenvalue weighted by Crippen LogP contribution is 2.30. The van der Waals surface area contributed by atoms with Gasteiger partial charge in [0.05, 0.1) is 5.69 Å². The number of oxazole rings is 1. The number of rotatable bonds is 5. The van der Waals surface area contributed by atoms with Gasteiger partial charge in [-0.1, -0.05) is 26.8 Å². The second-order valence-corrected chi connectivity index (χ2v) is 9.10. The Morgan fingerprint density at radius 2 is 2.04 bits per heavy atom. The summed E-state index contributed by atoms with van der Waals surface area (Å²) < 4.78 is 5.85. The number of piperidine rings is 1. The van der Waals surface area contributed by atoms with Crippen LogP contribution in [0.5, 0.6) is 0 Å². The highest BCUT2D eigenvalue weighted by molar-refractivity contribution is 7.15. The summed E-state index contributed by atoms with van der Waals surface area (Å²) in [7, 11) is 0. The van der Waals surface area contributed by atoms with E-state index in [0.29, 0.717) is 11.9 Å². The summed E-state index contributed by atoms with van der Waals surface area (Å²) in [6.07, 6.45) is 2.59. The van der Waals surface area contributed by atoms with Gasteiger partial charge in [-0.3, -0.25) is 10.2 Å². The van der Waals surface area contributed by atoms with E-state index in [1.54, 1.807) is 11.3 Å². The van der Waals surface area contributed by atoms with Crippen molar-refractivity contribution in [3.05, 3.63) is 34.3 Å². The van der Waals surface area contributed by atoms with E-state index in [0.717, 1.165) is 34.4 Å². The van der Waals surface area contributed by atoms with E-state index in [1.165, 1.54) is 36.4 Å². The van der Waals surface area contributed by atoms with Crippen LogP contribution in [0.2, 0.25) is 0 Å². The Kier molecular flexibility index (Phi) is 5.19. The highest BCUT2D eigenvalue weighted by Gasteiger charge is 2.18. The van der Waals surface area contributed by atoms with Gasteiger partial charge in [-0.05, 0) is 62.4 Å². The first-order valence-corrected chi connectivity index (χ1v) is 10.7. The fourth-order valence-corrected chi connectivity index (χ4v) is 4.49. The molecule has 1 fully saturated rings. The smallest absolute Gasteiger partial charge is 0.302 e. The fraction of sp³-hybridized carbons (Fsp3) is 0.524. The van der Waals surface area contributed by atoms with Crippen LogP contribution in [0.1, 0.15) is 55.7 Å². The molecule has 3 heterocycles. The maximum Gasteiger partial charge on any atom is 0.302 e. The van der Waals surface area contributed by atoms with Gasteiger partial charge in [-0.2, -0.15) is 4.98 Å². The number of fused-ring (bicyclic) bond motifs is 1. The molecule has 0 spiro atoms. The van der Waals surface area contributed by atoms with Gasteiger partial charge in [0.15, 0.2) is 10.7 Å². The second-order valence-electron chi connectivity index (χ2n) is 8.01. The molecule has 144 valence electrons. The molecule has 0 bridgehead atoms. The van der Waals surface area contributed by atoms with Crippen LogP contribution in [0.4, 0.5) is 11.1 Å². The van der Waals surface area contributed by atoms with Gasteiger partial charge >= 0.3 is 6.01 Å². The molecule has 6 heteroatoms. The summed E-state index contributed by atoms with van der Waals surface area (Å²) in [6.45, 7) is 12.2. The molecule has 0 saturated carbocycles. The van der Waals surface area contributed by atoms with Gasteiger partial charge in [0.1, 0.15) is 5.52 Å². The largest absolute Gasteiger partial charge is 0.423 e. The minimum Gasteiger partial charge on any atom is -0.423 e. The molecule has 1 aliphatic heterocycles. The van der Waals surface area contributed by atoms with Crippen LogP contribution >= 0.6 is 11.3 Å². The van der Waals surface area contributed by atoms with Crippen molar-refractivity contribution in [1.29, 1.82) is 0 Å². The summed E-state index contributed by atoms with van der Waals surface area (Å²) in [5.74, 6) is 1.33. The van der Waals surface area contributed by atoms with E-state index >= 15 is 0 Å². The molecule has 1 saturated heterocycles. The van der Waals surface area contributed by atoms with E-state index in [2.05, 4.69) is 60.0 Å². The van der Waals surface area contributed by atoms with Gasteiger partial charge in [0.2, 0.25) is 0 Å². The summed E-state index contributed by atoms with van der Waals surface area (Å²) in [5, 5.41) is 4.11. The Balaban J connectivity index is 1.47. The number of nitrogens with zero attached hydrogens (tertiary/aromatic N) is 3. The number of likely N-dealkylation sites (tertiary alicyclic amines) is 1. The zero-order valence-corrected chi connectivity index (χ0v) is 17.4. The lowest BCUT2D eigenvalue weighted by Gasteiger charge is -2.29. The van der Waals surface area contributed by atoms with Crippen molar-refractivity contribution >= 4 is 33.6 Å². The number of hydrogen-bond acceptors (Lipinski definition) is 6. The first kappa shape index (κ1) is 18.4. The van der Waals surface area contributed by atoms with Crippen molar-refractivity contribution in [2.75, 3.05) is 18.4 Å². The molecule has 4 rings (SSSR count). The van der Waals surface area contributed by atoms with Crippen molar-refractivity contribution in [1.82, 2.24) is 14.9 Å². The fourth-order valence-electron chi connectivity index (χ4n) is 3.50. The maximum atomic E-state index is 5.85. The topological polar surface area (TPSA) is 54.2 Å². The lowest BCUT2D eigenvalue weighted by Crippen LogP contribution is -2.32. The van der Waals surface area contributed by atoms with E-state index in [4.69, 9.17) is 4.42 Å². The molecule has 1 N–H and O–H groups in total. The first-order valence-electron chi connectivity index (χ1n) is 9.84. The van der Waals surface area contributed by atoms with Crippen LogP contribution in [0, 0.1) is 12.8 Å². The first-order chi connectivity index (χ1) is 13.0. The predicted molar refractivity (Wildman–Crippen MR) is 112 cm³/mol. The highest BCUT2D eigenvalue weighted by atomic mass is 32.1. The number of benzene rings is 1. The minimum absolute atomic E-state index is 0.476. The zero-order valence-electron chi connectivity index (χ0n) is 16.6. The zero-order chi connectivity index (χ0) is 19.0. The molecule has 0 unspecified atom stereocenters. The average Bonchev–Trinajstić information content (AvgIpc) is 3.19. The quantitative estimate of drug-likeness (QED) is 0.612. The second kappa shape index (κ2) is 7.60. The third-order valence-electron chi connectivity index (χ3n) is 5.43. The molecule has 3 aromatic rings. The molecule has 0 atom stereocenters. The molecule has 0 radical (unpaired) electrons. The molecule has 5 nitrogen and oxygen atoms in total. The molecule has 27 heavy (non-hydrogen) atoms. The number of nitrogens with one attached hydrogen (secondary N) is 1. The Labute approximate surface area is 164 Å². The number of aryl methyl sites for hydroxylation is 1. The Morgan fingerprint density at radius 3 is 2.78 bits per heavy atom. The summed E-state index contributed by atoms with van der Waals surface area (Å²) in [6, 6.07) is 6.72. The number of anilines is 2. The van der Waals surface area contributed by atoms with Crippen LogP contribution < -0.4 is 5.32 Å². The number of thiazole rings is 1. The van der Waals surface area contributed by atoms with E-state index < -0.39 is 0 Å². The molecule has 0 aliphatic carbocycles. The van der Waals surface area contributed by atoms with Gasteiger partial charge in [0, 0.05) is 11.4 Å². The summed E-state index contributed by atoms with van der Waals surface area (Å²) >= 11 is 1.70. The predicted octanol–water partition coefficient (Wildman–Crippen LogP) is 5.69. The van der Waals surface area contributed by atoms with Crippen LogP contribution in [0.3, 0.4) is 0 Å². The molecule has 1 aromatic carbocycles. The average molecular weight is 385 g/mol. The van der Waals surface area contributed by atoms with Gasteiger partial charge in [-0.25, -0.2) is 4.98 Å². The Morgan fingerprint density at radius 1 is 1.26 bits per heavy atom. The SMILES string of the molecule is Cc1nc(Nc2nc3cc(C(C)C)ccc3o2)sc1CN1CCC(C)CC1. The van der Waals surface area contributed by atoms with Crippen LogP contribution in [-0.2, 0) is 6.54 Å². The van der Waals surface area contributed by atoms with Gasteiger partial charge in [-0.15, -0.1) is 11.3 Å². The normalized spacial score (nSPS) is 16.5. The van der Waals surface area contributed by atoms with E-state index in [-0.39, 0.29) is 0 Å². The van der Waals surface area contributed by atoms with Gasteiger partial charge < -0.3 is 4.42 Å². The third-order valence-corrected chi connectivity index (χ3v) is 6.49. The summed E-state index contributed by atoms with van der Waals surface area (Å²) in [4.78, 5) is 13.1. The summed E-state index contributed by atoms with van der Waals surface area (Å²) in [5.41, 5.74) is 4.06. The van der Waals surface area contributed by atoms with Gasteiger partial charge in [0.25, 0.3) is 0 Å². The van der Waals surface area contributed by atoms with Crippen LogP contribution in [0.25, 0.3) is 11.1 Å². The molecular weight excluding hydrogens is 356 g/mol. The van der Waals surface area contributed by atoms with Crippen molar-refractivity contribution in [3.63, 3.8) is 0 Å². The molecule has 1 aliphatic rings. The molecular formula is C21H28N4OS. The Hall–Kier alpha value is -1.92. The van der Waals surface area contributed by atoms with Crippen molar-refractivity contribution in [2.45, 2.75) is 53.0 Å². The lowest BCUT2D eigenvalue weighted by molar-refractivity contribution is 0.186. The minimum atomic E-state index is 0.476. The lowest BCUT2D eigenvalue weighted by atomic mass is 9.99. The van der Waals surface area contributed by atoms with E-state index in [1.807, 2.05) is 6.07 Å².